The molecule has 0 saturated carbocycles. The molecule has 0 unspecified atom stereocenters. The summed E-state index contributed by atoms with van der Waals surface area (Å²) in [4.78, 5) is 10.9. The van der Waals surface area contributed by atoms with Crippen LogP contribution in [0.15, 0.2) is 72.2 Å². The molecule has 0 aliphatic carbocycles. The van der Waals surface area contributed by atoms with Crippen molar-refractivity contribution in [2.45, 2.75) is 6.42 Å². The third-order valence-corrected chi connectivity index (χ3v) is 5.37. The lowest BCUT2D eigenvalue weighted by Gasteiger charge is -2.11. The first kappa shape index (κ1) is 17.2. The lowest BCUT2D eigenvalue weighted by molar-refractivity contribution is 1.05. The fourth-order valence-electron chi connectivity index (χ4n) is 2.73. The van der Waals surface area contributed by atoms with E-state index in [1.54, 1.807) is 11.3 Å². The Kier molecular flexibility index (Phi) is 5.02. The van der Waals surface area contributed by atoms with E-state index in [0.29, 0.717) is 10.0 Å². The molecular formula is C21H14Cl2N2S. The lowest BCUT2D eigenvalue weighted by Crippen LogP contribution is -1.99. The molecule has 0 radical (unpaired) electrons. The maximum absolute atomic E-state index is 6.05. The van der Waals surface area contributed by atoms with Gasteiger partial charge in [0.2, 0.25) is 0 Å². The minimum atomic E-state index is 0.698. The van der Waals surface area contributed by atoms with Gasteiger partial charge in [-0.1, -0.05) is 53.5 Å². The maximum Gasteiger partial charge on any atom is 0.0968 e. The van der Waals surface area contributed by atoms with Gasteiger partial charge >= 0.3 is 0 Å². The van der Waals surface area contributed by atoms with Crippen LogP contribution in [0.2, 0.25) is 10.0 Å². The second-order valence-electron chi connectivity index (χ2n) is 5.83. The van der Waals surface area contributed by atoms with Crippen molar-refractivity contribution in [2.75, 3.05) is 0 Å². The molecule has 2 nitrogen and oxygen atoms in total. The van der Waals surface area contributed by atoms with Gasteiger partial charge in [-0.3, -0.25) is 4.98 Å². The van der Waals surface area contributed by atoms with Crippen molar-refractivity contribution in [3.8, 4) is 22.5 Å². The molecule has 26 heavy (non-hydrogen) atoms. The summed E-state index contributed by atoms with van der Waals surface area (Å²) in [7, 11) is 0. The Morgan fingerprint density at radius 2 is 1.38 bits per heavy atom. The van der Waals surface area contributed by atoms with Gasteiger partial charge in [-0.15, -0.1) is 11.3 Å². The van der Waals surface area contributed by atoms with Crippen LogP contribution >= 0.6 is 34.5 Å². The van der Waals surface area contributed by atoms with Gasteiger partial charge in [0.15, 0.2) is 0 Å². The van der Waals surface area contributed by atoms with Gasteiger partial charge in [-0.25, -0.2) is 4.98 Å². The predicted molar refractivity (Wildman–Crippen MR) is 110 cm³/mol. The summed E-state index contributed by atoms with van der Waals surface area (Å²) < 4.78 is 0. The molecule has 0 bridgehead atoms. The van der Waals surface area contributed by atoms with Gasteiger partial charge in [0, 0.05) is 38.7 Å². The predicted octanol–water partition coefficient (Wildman–Crippen LogP) is 6.77. The van der Waals surface area contributed by atoms with E-state index >= 15 is 0 Å². The normalized spacial score (nSPS) is 10.8. The summed E-state index contributed by atoms with van der Waals surface area (Å²) in [5.41, 5.74) is 4.58. The standard InChI is InChI=1S/C21H14Cl2N2S/c22-16-7-3-14(4-8-16)20-21(15-5-9-17(23)10-6-15)25-18(13-24-20)12-19-2-1-11-26-19/h1-11,13H,12H2. The Bertz CT molecular complexity index is 1010. The molecule has 0 spiro atoms. The maximum atomic E-state index is 6.05. The first-order valence-corrected chi connectivity index (χ1v) is 9.73. The monoisotopic (exact) mass is 396 g/mol. The molecule has 0 saturated heterocycles. The molecule has 2 heterocycles. The van der Waals surface area contributed by atoms with Crippen molar-refractivity contribution in [3.63, 3.8) is 0 Å². The minimum Gasteiger partial charge on any atom is -0.252 e. The van der Waals surface area contributed by atoms with Crippen LogP contribution in [0.25, 0.3) is 22.5 Å². The van der Waals surface area contributed by atoms with Crippen molar-refractivity contribution in [1.82, 2.24) is 9.97 Å². The Morgan fingerprint density at radius 1 is 0.769 bits per heavy atom. The zero-order valence-corrected chi connectivity index (χ0v) is 16.0. The van der Waals surface area contributed by atoms with E-state index in [9.17, 15) is 0 Å². The molecule has 128 valence electrons. The SMILES string of the molecule is Clc1ccc(-c2ncc(Cc3cccs3)nc2-c2ccc(Cl)cc2)cc1. The molecule has 0 fully saturated rings. The number of rotatable bonds is 4. The molecule has 4 aromatic rings. The highest BCUT2D eigenvalue weighted by Crippen LogP contribution is 2.31. The summed E-state index contributed by atoms with van der Waals surface area (Å²) in [6.45, 7) is 0. The molecule has 4 rings (SSSR count). The second-order valence-corrected chi connectivity index (χ2v) is 7.73. The van der Waals surface area contributed by atoms with Gasteiger partial charge in [-0.05, 0) is 35.7 Å². The Morgan fingerprint density at radius 3 is 1.96 bits per heavy atom. The van der Waals surface area contributed by atoms with Crippen LogP contribution in [0.1, 0.15) is 10.6 Å². The number of aromatic nitrogens is 2. The zero-order chi connectivity index (χ0) is 17.9. The van der Waals surface area contributed by atoms with Crippen LogP contribution in [-0.4, -0.2) is 9.97 Å². The van der Waals surface area contributed by atoms with Gasteiger partial charge in [0.05, 0.1) is 17.1 Å². The van der Waals surface area contributed by atoms with Crippen molar-refractivity contribution in [1.29, 1.82) is 0 Å². The van der Waals surface area contributed by atoms with E-state index in [4.69, 9.17) is 33.2 Å². The van der Waals surface area contributed by atoms with E-state index in [1.807, 2.05) is 54.7 Å². The molecule has 5 heteroatoms. The van der Waals surface area contributed by atoms with E-state index in [1.165, 1.54) is 4.88 Å². The highest BCUT2D eigenvalue weighted by molar-refractivity contribution is 7.09. The third-order valence-electron chi connectivity index (χ3n) is 3.99. The van der Waals surface area contributed by atoms with Crippen molar-refractivity contribution >= 4 is 34.5 Å². The van der Waals surface area contributed by atoms with Crippen molar-refractivity contribution in [3.05, 3.63) is 92.9 Å². The number of thiophene rings is 1. The second kappa shape index (κ2) is 7.58. The van der Waals surface area contributed by atoms with Crippen LogP contribution in [0.4, 0.5) is 0 Å². The number of nitrogens with zero attached hydrogens (tertiary/aromatic N) is 2. The van der Waals surface area contributed by atoms with E-state index in [0.717, 1.165) is 34.6 Å². The summed E-state index contributed by atoms with van der Waals surface area (Å²) in [5.74, 6) is 0. The smallest absolute Gasteiger partial charge is 0.0968 e. The number of hydrogen-bond acceptors (Lipinski definition) is 3. The van der Waals surface area contributed by atoms with Gasteiger partial charge in [0.25, 0.3) is 0 Å². The van der Waals surface area contributed by atoms with Gasteiger partial charge in [-0.2, -0.15) is 0 Å². The molecule has 0 amide bonds. The Hall–Kier alpha value is -2.20. The number of hydrogen-bond donors (Lipinski definition) is 0. The highest BCUT2D eigenvalue weighted by atomic mass is 35.5. The number of benzene rings is 2. The number of halogens is 2. The van der Waals surface area contributed by atoms with E-state index in [2.05, 4.69) is 17.5 Å². The van der Waals surface area contributed by atoms with Crippen LogP contribution in [0, 0.1) is 0 Å². The molecule has 0 aliphatic rings. The molecule has 0 aliphatic heterocycles. The summed E-state index contributed by atoms with van der Waals surface area (Å²) in [6.07, 6.45) is 2.62. The van der Waals surface area contributed by atoms with Crippen molar-refractivity contribution in [2.24, 2.45) is 0 Å². The molecule has 2 aromatic carbocycles. The minimum absolute atomic E-state index is 0.698. The Labute approximate surface area is 166 Å². The summed E-state index contributed by atoms with van der Waals surface area (Å²) >= 11 is 13.8. The van der Waals surface area contributed by atoms with Gasteiger partial charge < -0.3 is 0 Å². The molecule has 2 aromatic heterocycles. The first-order valence-electron chi connectivity index (χ1n) is 8.09. The quantitative estimate of drug-likeness (QED) is 0.380. The lowest BCUT2D eigenvalue weighted by atomic mass is 10.0. The Balaban J connectivity index is 1.82. The molecule has 0 atom stereocenters. The van der Waals surface area contributed by atoms with E-state index in [-0.39, 0.29) is 0 Å². The summed E-state index contributed by atoms with van der Waals surface area (Å²) in [6, 6.07) is 19.5. The molecule has 0 N–H and O–H groups in total. The fourth-order valence-corrected chi connectivity index (χ4v) is 3.70. The summed E-state index contributed by atoms with van der Waals surface area (Å²) in [5, 5.41) is 3.47. The molecular weight excluding hydrogens is 383 g/mol. The van der Waals surface area contributed by atoms with Gasteiger partial charge in [0.1, 0.15) is 0 Å². The third kappa shape index (κ3) is 3.80. The van der Waals surface area contributed by atoms with Crippen LogP contribution in [0.3, 0.4) is 0 Å². The first-order chi connectivity index (χ1) is 12.7. The van der Waals surface area contributed by atoms with Crippen LogP contribution < -0.4 is 0 Å². The average molecular weight is 397 g/mol. The van der Waals surface area contributed by atoms with E-state index < -0.39 is 0 Å². The van der Waals surface area contributed by atoms with Crippen LogP contribution in [-0.2, 0) is 6.42 Å². The van der Waals surface area contributed by atoms with Crippen LogP contribution in [0.5, 0.6) is 0 Å². The highest BCUT2D eigenvalue weighted by Gasteiger charge is 2.13. The fraction of sp³-hybridized carbons (Fsp3) is 0.0476. The topological polar surface area (TPSA) is 25.8 Å². The average Bonchev–Trinajstić information content (AvgIpc) is 3.16. The van der Waals surface area contributed by atoms with Crippen molar-refractivity contribution < 1.29 is 0 Å². The largest absolute Gasteiger partial charge is 0.252 e. The zero-order valence-electron chi connectivity index (χ0n) is 13.7.